The van der Waals surface area contributed by atoms with Crippen molar-refractivity contribution in [1.82, 2.24) is 0 Å². The summed E-state index contributed by atoms with van der Waals surface area (Å²) in [5, 5.41) is 0. The Labute approximate surface area is 83.3 Å². The van der Waals surface area contributed by atoms with E-state index in [0.29, 0.717) is 6.42 Å². The number of hydrogen-bond donors (Lipinski definition) is 0. The average Bonchev–Trinajstić information content (AvgIpc) is 2.19. The van der Waals surface area contributed by atoms with Crippen molar-refractivity contribution in [3.63, 3.8) is 0 Å². The maximum Gasteiger partial charge on any atom is 0.130 e. The van der Waals surface area contributed by atoms with Crippen molar-refractivity contribution < 1.29 is 9.18 Å². The highest BCUT2D eigenvalue weighted by Gasteiger charge is 2.24. The van der Waals surface area contributed by atoms with E-state index in [-0.39, 0.29) is 5.82 Å². The number of benzene rings is 1. The standard InChI is InChI=1S/C12H13FO/c1-3-8-12(2,9-14)10-4-6-11(13)7-5-10/h3-7,9H,1,8H2,2H3/t12-/m0/s1. The Morgan fingerprint density at radius 2 is 2.00 bits per heavy atom. The van der Waals surface area contributed by atoms with Gasteiger partial charge in [-0.25, -0.2) is 4.39 Å². The molecule has 0 saturated heterocycles. The van der Waals surface area contributed by atoms with Crippen LogP contribution in [0.25, 0.3) is 0 Å². The number of halogens is 1. The first kappa shape index (κ1) is 10.6. The molecule has 74 valence electrons. The van der Waals surface area contributed by atoms with Gasteiger partial charge in [-0.2, -0.15) is 0 Å². The molecule has 0 heterocycles. The molecule has 0 unspecified atom stereocenters. The van der Waals surface area contributed by atoms with Crippen molar-refractivity contribution in [2.24, 2.45) is 0 Å². The molecule has 0 spiro atoms. The fourth-order valence-electron chi connectivity index (χ4n) is 1.36. The predicted octanol–water partition coefficient (Wildman–Crippen LogP) is 2.86. The van der Waals surface area contributed by atoms with Crippen LogP contribution >= 0.6 is 0 Å². The van der Waals surface area contributed by atoms with Gasteiger partial charge in [-0.05, 0) is 31.0 Å². The molecule has 0 N–H and O–H groups in total. The number of allylic oxidation sites excluding steroid dienone is 1. The van der Waals surface area contributed by atoms with Crippen LogP contribution in [0.3, 0.4) is 0 Å². The lowest BCUT2D eigenvalue weighted by molar-refractivity contribution is -0.112. The van der Waals surface area contributed by atoms with E-state index in [9.17, 15) is 9.18 Å². The Bertz CT molecular complexity index is 329. The Morgan fingerprint density at radius 3 is 2.43 bits per heavy atom. The molecular weight excluding hydrogens is 179 g/mol. The molecular formula is C12H13FO. The normalized spacial score (nSPS) is 14.4. The van der Waals surface area contributed by atoms with Crippen molar-refractivity contribution in [3.8, 4) is 0 Å². The summed E-state index contributed by atoms with van der Waals surface area (Å²) in [4.78, 5) is 11.0. The third-order valence-electron chi connectivity index (χ3n) is 2.33. The van der Waals surface area contributed by atoms with Crippen molar-refractivity contribution in [3.05, 3.63) is 48.3 Å². The molecule has 14 heavy (non-hydrogen) atoms. The lowest BCUT2D eigenvalue weighted by atomic mass is 9.81. The van der Waals surface area contributed by atoms with Gasteiger partial charge in [0.25, 0.3) is 0 Å². The fraction of sp³-hybridized carbons (Fsp3) is 0.250. The van der Waals surface area contributed by atoms with Crippen molar-refractivity contribution in [1.29, 1.82) is 0 Å². The molecule has 0 saturated carbocycles. The molecule has 0 aliphatic rings. The molecule has 0 fully saturated rings. The molecule has 0 amide bonds. The summed E-state index contributed by atoms with van der Waals surface area (Å²) >= 11 is 0. The Morgan fingerprint density at radius 1 is 1.43 bits per heavy atom. The van der Waals surface area contributed by atoms with Gasteiger partial charge in [0.05, 0.1) is 5.41 Å². The van der Waals surface area contributed by atoms with E-state index in [4.69, 9.17) is 0 Å². The first-order valence-electron chi connectivity index (χ1n) is 4.45. The Balaban J connectivity index is 3.05. The van der Waals surface area contributed by atoms with Crippen molar-refractivity contribution in [2.45, 2.75) is 18.8 Å². The van der Waals surface area contributed by atoms with E-state index in [0.717, 1.165) is 11.8 Å². The highest BCUT2D eigenvalue weighted by Crippen LogP contribution is 2.25. The molecule has 1 aromatic rings. The summed E-state index contributed by atoms with van der Waals surface area (Å²) in [7, 11) is 0. The molecule has 0 aromatic heterocycles. The number of aldehydes is 1. The first-order valence-corrected chi connectivity index (χ1v) is 4.45. The van der Waals surface area contributed by atoms with Crippen LogP contribution in [0, 0.1) is 5.82 Å². The molecule has 0 aliphatic heterocycles. The van der Waals surface area contributed by atoms with E-state index in [1.54, 1.807) is 18.2 Å². The number of rotatable bonds is 4. The summed E-state index contributed by atoms with van der Waals surface area (Å²) < 4.78 is 12.7. The van der Waals surface area contributed by atoms with E-state index in [1.807, 2.05) is 6.92 Å². The minimum atomic E-state index is -0.588. The maximum absolute atomic E-state index is 12.7. The van der Waals surface area contributed by atoms with E-state index in [2.05, 4.69) is 6.58 Å². The number of carbonyl (C=O) groups excluding carboxylic acids is 1. The highest BCUT2D eigenvalue weighted by atomic mass is 19.1. The van der Waals surface area contributed by atoms with E-state index >= 15 is 0 Å². The largest absolute Gasteiger partial charge is 0.302 e. The first-order chi connectivity index (χ1) is 6.62. The van der Waals surface area contributed by atoms with Gasteiger partial charge in [-0.15, -0.1) is 6.58 Å². The minimum absolute atomic E-state index is 0.291. The lowest BCUT2D eigenvalue weighted by Crippen LogP contribution is -2.22. The van der Waals surface area contributed by atoms with Gasteiger partial charge in [-0.1, -0.05) is 18.2 Å². The molecule has 0 bridgehead atoms. The van der Waals surface area contributed by atoms with Gasteiger partial charge in [0.1, 0.15) is 12.1 Å². The zero-order valence-electron chi connectivity index (χ0n) is 8.16. The molecule has 1 atom stereocenters. The van der Waals surface area contributed by atoms with Gasteiger partial charge in [0.2, 0.25) is 0 Å². The summed E-state index contributed by atoms with van der Waals surface area (Å²) in [6.45, 7) is 5.42. The van der Waals surface area contributed by atoms with Crippen LogP contribution in [-0.4, -0.2) is 6.29 Å². The zero-order chi connectivity index (χ0) is 10.6. The van der Waals surface area contributed by atoms with Crippen LogP contribution in [0.4, 0.5) is 4.39 Å². The minimum Gasteiger partial charge on any atom is -0.302 e. The molecule has 1 aromatic carbocycles. The second-order valence-electron chi connectivity index (χ2n) is 3.54. The van der Waals surface area contributed by atoms with Gasteiger partial charge >= 0.3 is 0 Å². The number of hydrogen-bond acceptors (Lipinski definition) is 1. The van der Waals surface area contributed by atoms with Crippen molar-refractivity contribution in [2.75, 3.05) is 0 Å². The van der Waals surface area contributed by atoms with Gasteiger partial charge < -0.3 is 4.79 Å². The number of carbonyl (C=O) groups is 1. The second-order valence-corrected chi connectivity index (χ2v) is 3.54. The van der Waals surface area contributed by atoms with Gasteiger partial charge in [0.15, 0.2) is 0 Å². The van der Waals surface area contributed by atoms with E-state index < -0.39 is 5.41 Å². The topological polar surface area (TPSA) is 17.1 Å². The van der Waals surface area contributed by atoms with Crippen LogP contribution in [0.5, 0.6) is 0 Å². The molecule has 1 rings (SSSR count). The summed E-state index contributed by atoms with van der Waals surface area (Å²) in [6.07, 6.45) is 3.13. The highest BCUT2D eigenvalue weighted by molar-refractivity contribution is 5.68. The summed E-state index contributed by atoms with van der Waals surface area (Å²) in [5.41, 5.74) is 0.226. The van der Waals surface area contributed by atoms with Gasteiger partial charge in [-0.3, -0.25) is 0 Å². The van der Waals surface area contributed by atoms with Gasteiger partial charge in [0, 0.05) is 0 Å². The van der Waals surface area contributed by atoms with Crippen LogP contribution in [0.2, 0.25) is 0 Å². The molecule has 0 radical (unpaired) electrons. The summed E-state index contributed by atoms with van der Waals surface area (Å²) in [6, 6.07) is 5.99. The van der Waals surface area contributed by atoms with Crippen LogP contribution in [-0.2, 0) is 10.2 Å². The quantitative estimate of drug-likeness (QED) is 0.529. The lowest BCUT2D eigenvalue weighted by Gasteiger charge is -2.21. The van der Waals surface area contributed by atoms with E-state index in [1.165, 1.54) is 12.1 Å². The molecule has 0 aliphatic carbocycles. The maximum atomic E-state index is 12.7. The monoisotopic (exact) mass is 192 g/mol. The third-order valence-corrected chi connectivity index (χ3v) is 2.33. The molecule has 2 heteroatoms. The zero-order valence-corrected chi connectivity index (χ0v) is 8.16. The summed E-state index contributed by atoms with van der Waals surface area (Å²) in [5.74, 6) is -0.291. The van der Waals surface area contributed by atoms with Crippen LogP contribution < -0.4 is 0 Å². The molecule has 1 nitrogen and oxygen atoms in total. The Hall–Kier alpha value is -1.44. The average molecular weight is 192 g/mol. The van der Waals surface area contributed by atoms with Crippen LogP contribution in [0.1, 0.15) is 18.9 Å². The Kier molecular flexibility index (Phi) is 3.18. The van der Waals surface area contributed by atoms with Crippen molar-refractivity contribution >= 4 is 6.29 Å². The SMILES string of the molecule is C=CC[C@@](C)(C=O)c1ccc(F)cc1. The predicted molar refractivity (Wildman–Crippen MR) is 54.6 cm³/mol. The third kappa shape index (κ3) is 2.08. The fourth-order valence-corrected chi connectivity index (χ4v) is 1.36. The van der Waals surface area contributed by atoms with Crippen LogP contribution in [0.15, 0.2) is 36.9 Å². The smallest absolute Gasteiger partial charge is 0.130 e. The second kappa shape index (κ2) is 4.18.